The molecule has 0 saturated heterocycles. The van der Waals surface area contributed by atoms with E-state index in [4.69, 9.17) is 9.47 Å². The van der Waals surface area contributed by atoms with E-state index in [1.165, 1.54) is 10.9 Å². The highest BCUT2D eigenvalue weighted by atomic mass is 32.1. The van der Waals surface area contributed by atoms with Crippen LogP contribution in [-0.2, 0) is 20.8 Å². The molecule has 2 heterocycles. The Morgan fingerprint density at radius 1 is 1.33 bits per heavy atom. The van der Waals surface area contributed by atoms with Gasteiger partial charge in [-0.05, 0) is 25.3 Å². The Hall–Kier alpha value is -2.22. The molecule has 0 aliphatic heterocycles. The number of hydrogen-bond acceptors (Lipinski definition) is 7. The molecule has 130 valence electrons. The van der Waals surface area contributed by atoms with Crippen LogP contribution in [0.25, 0.3) is 10.2 Å². The summed E-state index contributed by atoms with van der Waals surface area (Å²) < 4.78 is 11.3. The van der Waals surface area contributed by atoms with Crippen molar-refractivity contribution < 1.29 is 19.1 Å². The zero-order chi connectivity index (χ0) is 17.9. The van der Waals surface area contributed by atoms with Gasteiger partial charge in [-0.1, -0.05) is 13.8 Å². The van der Waals surface area contributed by atoms with E-state index in [0.29, 0.717) is 27.3 Å². The maximum Gasteiger partial charge on any atom is 0.348 e. The Bertz CT molecular complexity index is 822. The van der Waals surface area contributed by atoms with Gasteiger partial charge in [0.25, 0.3) is 5.56 Å². The third-order valence-electron chi connectivity index (χ3n) is 3.26. The lowest BCUT2D eigenvalue weighted by atomic mass is 10.2. The molecule has 24 heavy (non-hydrogen) atoms. The molecule has 0 bridgehead atoms. The molecule has 7 nitrogen and oxygen atoms in total. The summed E-state index contributed by atoms with van der Waals surface area (Å²) in [5, 5.41) is 0.336. The zero-order valence-electron chi connectivity index (χ0n) is 14.1. The quantitative estimate of drug-likeness (QED) is 0.740. The molecular formula is C16H20N2O5S. The van der Waals surface area contributed by atoms with Gasteiger partial charge < -0.3 is 9.47 Å². The smallest absolute Gasteiger partial charge is 0.348 e. The van der Waals surface area contributed by atoms with Crippen molar-refractivity contribution >= 4 is 33.5 Å². The van der Waals surface area contributed by atoms with Gasteiger partial charge in [-0.2, -0.15) is 0 Å². The number of ether oxygens (including phenoxy) is 2. The predicted molar refractivity (Wildman–Crippen MR) is 90.4 cm³/mol. The fourth-order valence-electron chi connectivity index (χ4n) is 2.12. The molecule has 2 rings (SSSR count). The molecule has 8 heteroatoms. The van der Waals surface area contributed by atoms with E-state index in [1.807, 2.05) is 13.8 Å². The van der Waals surface area contributed by atoms with Crippen molar-refractivity contribution in [2.24, 2.45) is 5.92 Å². The van der Waals surface area contributed by atoms with Crippen molar-refractivity contribution in [3.05, 3.63) is 27.1 Å². The van der Waals surface area contributed by atoms with Crippen LogP contribution in [0, 0.1) is 12.8 Å². The number of nitrogens with zero attached hydrogens (tertiary/aromatic N) is 2. The van der Waals surface area contributed by atoms with E-state index < -0.39 is 11.9 Å². The summed E-state index contributed by atoms with van der Waals surface area (Å²) in [4.78, 5) is 41.3. The van der Waals surface area contributed by atoms with Crippen LogP contribution in [0.4, 0.5) is 0 Å². The fourth-order valence-corrected chi connectivity index (χ4v) is 3.15. The summed E-state index contributed by atoms with van der Waals surface area (Å²) >= 11 is 1.12. The molecule has 0 unspecified atom stereocenters. The van der Waals surface area contributed by atoms with Crippen molar-refractivity contribution in [3.8, 4) is 0 Å². The maximum atomic E-state index is 12.6. The van der Waals surface area contributed by atoms with Gasteiger partial charge in [-0.15, -0.1) is 11.3 Å². The molecule has 0 aliphatic carbocycles. The molecule has 0 aliphatic rings. The Labute approximate surface area is 143 Å². The molecule has 0 amide bonds. The summed E-state index contributed by atoms with van der Waals surface area (Å²) in [6, 6.07) is 0. The van der Waals surface area contributed by atoms with E-state index in [2.05, 4.69) is 4.98 Å². The number of carbonyl (C=O) groups is 2. The topological polar surface area (TPSA) is 87.5 Å². The van der Waals surface area contributed by atoms with Crippen molar-refractivity contribution in [2.75, 3.05) is 13.2 Å². The van der Waals surface area contributed by atoms with E-state index in [0.717, 1.165) is 11.3 Å². The molecule has 0 saturated carbocycles. The number of aromatic nitrogens is 2. The van der Waals surface area contributed by atoms with Crippen LogP contribution >= 0.6 is 11.3 Å². The van der Waals surface area contributed by atoms with Gasteiger partial charge in [0.15, 0.2) is 0 Å². The van der Waals surface area contributed by atoms with E-state index in [9.17, 15) is 14.4 Å². The average Bonchev–Trinajstić information content (AvgIpc) is 2.85. The largest absolute Gasteiger partial charge is 0.465 e. The second-order valence-electron chi connectivity index (χ2n) is 5.71. The van der Waals surface area contributed by atoms with E-state index in [-0.39, 0.29) is 24.6 Å². The second-order valence-corrected chi connectivity index (χ2v) is 6.71. The number of aryl methyl sites for hydroxylation is 1. The number of rotatable bonds is 6. The maximum absolute atomic E-state index is 12.6. The second kappa shape index (κ2) is 7.57. The Balaban J connectivity index is 2.37. The Kier molecular flexibility index (Phi) is 5.71. The van der Waals surface area contributed by atoms with Crippen LogP contribution < -0.4 is 5.56 Å². The molecular weight excluding hydrogens is 332 g/mol. The number of fused-ring (bicyclic) bond motifs is 1. The number of hydrogen-bond donors (Lipinski definition) is 0. The van der Waals surface area contributed by atoms with Gasteiger partial charge in [0.1, 0.15) is 16.3 Å². The minimum absolute atomic E-state index is 0.210. The summed E-state index contributed by atoms with van der Waals surface area (Å²) in [5.41, 5.74) is 0.157. The summed E-state index contributed by atoms with van der Waals surface area (Å²) in [6.07, 6.45) is 1.29. The number of esters is 2. The fraction of sp³-hybridized carbons (Fsp3) is 0.500. The monoisotopic (exact) mass is 352 g/mol. The van der Waals surface area contributed by atoms with E-state index in [1.54, 1.807) is 13.8 Å². The van der Waals surface area contributed by atoms with Crippen LogP contribution in [0.1, 0.15) is 36.0 Å². The molecule has 0 fully saturated rings. The van der Waals surface area contributed by atoms with E-state index >= 15 is 0 Å². The third-order valence-corrected chi connectivity index (χ3v) is 4.44. The number of carbonyl (C=O) groups excluding carboxylic acids is 2. The average molecular weight is 352 g/mol. The highest BCUT2D eigenvalue weighted by Gasteiger charge is 2.21. The highest BCUT2D eigenvalue weighted by molar-refractivity contribution is 7.20. The SMILES string of the molecule is CCOC(=O)Cn1cnc2sc(C(=O)OCC(C)C)c(C)c2c1=O. The van der Waals surface area contributed by atoms with Crippen molar-refractivity contribution in [2.45, 2.75) is 34.2 Å². The normalized spacial score (nSPS) is 11.0. The van der Waals surface area contributed by atoms with Crippen LogP contribution in [0.2, 0.25) is 0 Å². The lowest BCUT2D eigenvalue weighted by molar-refractivity contribution is -0.143. The van der Waals surface area contributed by atoms with Gasteiger partial charge in [0, 0.05) is 0 Å². The van der Waals surface area contributed by atoms with Crippen LogP contribution in [-0.4, -0.2) is 34.7 Å². The van der Waals surface area contributed by atoms with Gasteiger partial charge >= 0.3 is 11.9 Å². The van der Waals surface area contributed by atoms with Crippen molar-refractivity contribution in [1.82, 2.24) is 9.55 Å². The van der Waals surface area contributed by atoms with Crippen LogP contribution in [0.3, 0.4) is 0 Å². The zero-order valence-corrected chi connectivity index (χ0v) is 14.9. The first-order valence-electron chi connectivity index (χ1n) is 7.66. The first-order chi connectivity index (χ1) is 11.3. The molecule has 0 atom stereocenters. The third kappa shape index (κ3) is 3.81. The molecule has 2 aromatic rings. The first kappa shape index (κ1) is 18.1. The summed E-state index contributed by atoms with van der Waals surface area (Å²) in [6.45, 7) is 7.61. The molecule has 0 N–H and O–H groups in total. The van der Waals surface area contributed by atoms with Gasteiger partial charge in [0.05, 0.1) is 24.9 Å². The summed E-state index contributed by atoms with van der Waals surface area (Å²) in [7, 11) is 0. The first-order valence-corrected chi connectivity index (χ1v) is 8.48. The lowest BCUT2D eigenvalue weighted by Gasteiger charge is -2.06. The molecule has 0 radical (unpaired) electrons. The molecule has 0 aromatic carbocycles. The predicted octanol–water partition coefficient (Wildman–Crippen LogP) is 2.14. The van der Waals surface area contributed by atoms with Gasteiger partial charge in [-0.3, -0.25) is 14.2 Å². The van der Waals surface area contributed by atoms with Crippen molar-refractivity contribution in [1.29, 1.82) is 0 Å². The van der Waals surface area contributed by atoms with Gasteiger partial charge in [0.2, 0.25) is 0 Å². The lowest BCUT2D eigenvalue weighted by Crippen LogP contribution is -2.25. The van der Waals surface area contributed by atoms with Crippen LogP contribution in [0.15, 0.2) is 11.1 Å². The standard InChI is InChI=1S/C16H20N2O5S/c1-5-22-11(19)6-18-8-17-14-12(15(18)20)10(4)13(24-14)16(21)23-7-9(2)3/h8-9H,5-7H2,1-4H3. The highest BCUT2D eigenvalue weighted by Crippen LogP contribution is 2.27. The Morgan fingerprint density at radius 2 is 2.04 bits per heavy atom. The summed E-state index contributed by atoms with van der Waals surface area (Å²) in [5.74, 6) is -0.741. The van der Waals surface area contributed by atoms with Gasteiger partial charge in [-0.25, -0.2) is 9.78 Å². The van der Waals surface area contributed by atoms with Crippen molar-refractivity contribution in [3.63, 3.8) is 0 Å². The molecule has 0 spiro atoms. The Morgan fingerprint density at radius 3 is 2.67 bits per heavy atom. The number of thiophene rings is 1. The minimum Gasteiger partial charge on any atom is -0.465 e. The minimum atomic E-state index is -0.509. The molecule has 2 aromatic heterocycles. The van der Waals surface area contributed by atoms with Crippen LogP contribution in [0.5, 0.6) is 0 Å².